The SMILES string of the molecule is CNNc1ncn(-c2ccccc2C)c(=O)n1. The Hall–Kier alpha value is -2.21. The Bertz CT molecular complexity index is 578. The Morgan fingerprint density at radius 1 is 1.29 bits per heavy atom. The normalized spacial score (nSPS) is 10.2. The van der Waals surface area contributed by atoms with E-state index in [-0.39, 0.29) is 11.6 Å². The lowest BCUT2D eigenvalue weighted by Gasteiger charge is -2.08. The Kier molecular flexibility index (Phi) is 3.15. The van der Waals surface area contributed by atoms with E-state index >= 15 is 0 Å². The molecule has 0 unspecified atom stereocenters. The molecule has 0 aliphatic carbocycles. The topological polar surface area (TPSA) is 71.8 Å². The summed E-state index contributed by atoms with van der Waals surface area (Å²) in [7, 11) is 1.68. The fraction of sp³-hybridized carbons (Fsp3) is 0.182. The van der Waals surface area contributed by atoms with Gasteiger partial charge in [0, 0.05) is 7.05 Å². The average molecular weight is 231 g/mol. The van der Waals surface area contributed by atoms with Crippen LogP contribution in [0, 0.1) is 6.92 Å². The Labute approximate surface area is 98.3 Å². The van der Waals surface area contributed by atoms with Gasteiger partial charge in [0.05, 0.1) is 5.69 Å². The van der Waals surface area contributed by atoms with Crippen molar-refractivity contribution in [2.24, 2.45) is 0 Å². The lowest BCUT2D eigenvalue weighted by atomic mass is 10.2. The summed E-state index contributed by atoms with van der Waals surface area (Å²) in [5.74, 6) is 0.252. The smallest absolute Gasteiger partial charge is 0.290 e. The van der Waals surface area contributed by atoms with Gasteiger partial charge in [-0.15, -0.1) is 0 Å². The number of nitrogens with one attached hydrogen (secondary N) is 2. The van der Waals surface area contributed by atoms with Crippen molar-refractivity contribution in [3.63, 3.8) is 0 Å². The van der Waals surface area contributed by atoms with Gasteiger partial charge >= 0.3 is 5.69 Å². The van der Waals surface area contributed by atoms with Crippen molar-refractivity contribution in [2.75, 3.05) is 12.5 Å². The molecule has 2 N–H and O–H groups in total. The van der Waals surface area contributed by atoms with Crippen molar-refractivity contribution < 1.29 is 0 Å². The zero-order chi connectivity index (χ0) is 12.3. The van der Waals surface area contributed by atoms with Crippen molar-refractivity contribution in [3.8, 4) is 5.69 Å². The highest BCUT2D eigenvalue weighted by molar-refractivity contribution is 5.39. The molecule has 6 nitrogen and oxygen atoms in total. The fourth-order valence-corrected chi connectivity index (χ4v) is 1.51. The summed E-state index contributed by atoms with van der Waals surface area (Å²) in [6.45, 7) is 1.93. The number of nitrogens with zero attached hydrogens (tertiary/aromatic N) is 3. The molecule has 0 atom stereocenters. The highest BCUT2D eigenvalue weighted by Gasteiger charge is 2.04. The molecule has 0 aliphatic rings. The van der Waals surface area contributed by atoms with Crippen molar-refractivity contribution in [1.82, 2.24) is 20.0 Å². The zero-order valence-corrected chi connectivity index (χ0v) is 9.64. The average Bonchev–Trinajstić information content (AvgIpc) is 2.31. The van der Waals surface area contributed by atoms with Crippen LogP contribution in [0.1, 0.15) is 5.56 Å². The lowest BCUT2D eigenvalue weighted by molar-refractivity contribution is 0.832. The second-order valence-electron chi connectivity index (χ2n) is 3.49. The van der Waals surface area contributed by atoms with Crippen LogP contribution < -0.4 is 16.5 Å². The van der Waals surface area contributed by atoms with Crippen LogP contribution in [-0.4, -0.2) is 21.6 Å². The summed E-state index contributed by atoms with van der Waals surface area (Å²) >= 11 is 0. The van der Waals surface area contributed by atoms with Gasteiger partial charge in [0.2, 0.25) is 5.95 Å². The molecule has 0 aliphatic heterocycles. The van der Waals surface area contributed by atoms with Crippen LogP contribution in [0.4, 0.5) is 5.95 Å². The molecule has 0 radical (unpaired) electrons. The number of hydrazine groups is 1. The number of benzene rings is 1. The van der Waals surface area contributed by atoms with Gasteiger partial charge in [0.15, 0.2) is 0 Å². The number of para-hydroxylation sites is 1. The van der Waals surface area contributed by atoms with E-state index in [1.807, 2.05) is 31.2 Å². The fourth-order valence-electron chi connectivity index (χ4n) is 1.51. The van der Waals surface area contributed by atoms with Crippen LogP contribution in [0.3, 0.4) is 0 Å². The molecule has 6 heteroatoms. The summed E-state index contributed by atoms with van der Waals surface area (Å²) in [6.07, 6.45) is 1.46. The molecule has 0 saturated heterocycles. The molecule has 0 bridgehead atoms. The maximum Gasteiger partial charge on any atom is 0.356 e. The van der Waals surface area contributed by atoms with Gasteiger partial charge in [-0.1, -0.05) is 18.2 Å². The number of aromatic nitrogens is 3. The van der Waals surface area contributed by atoms with Crippen LogP contribution in [-0.2, 0) is 0 Å². The first kappa shape index (κ1) is 11.3. The number of anilines is 1. The summed E-state index contributed by atoms with van der Waals surface area (Å²) in [5.41, 5.74) is 6.73. The molecule has 0 saturated carbocycles. The van der Waals surface area contributed by atoms with Gasteiger partial charge in [-0.2, -0.15) is 4.98 Å². The first-order chi connectivity index (χ1) is 8.22. The first-order valence-electron chi connectivity index (χ1n) is 5.17. The summed E-state index contributed by atoms with van der Waals surface area (Å²) in [5, 5.41) is 0. The molecule has 1 heterocycles. The molecular formula is C11H13N5O. The Morgan fingerprint density at radius 2 is 2.06 bits per heavy atom. The molecule has 17 heavy (non-hydrogen) atoms. The quantitative estimate of drug-likeness (QED) is 0.752. The summed E-state index contributed by atoms with van der Waals surface area (Å²) < 4.78 is 1.41. The minimum Gasteiger partial charge on any atom is -0.290 e. The Morgan fingerprint density at radius 3 is 2.71 bits per heavy atom. The minimum absolute atomic E-state index is 0.252. The monoisotopic (exact) mass is 231 g/mol. The van der Waals surface area contributed by atoms with E-state index in [9.17, 15) is 4.79 Å². The number of aryl methyl sites for hydroxylation is 1. The van der Waals surface area contributed by atoms with Crippen LogP contribution in [0.25, 0.3) is 5.69 Å². The lowest BCUT2D eigenvalue weighted by Crippen LogP contribution is -2.26. The predicted octanol–water partition coefficient (Wildman–Crippen LogP) is 0.482. The zero-order valence-electron chi connectivity index (χ0n) is 9.64. The summed E-state index contributed by atoms with van der Waals surface area (Å²) in [6, 6.07) is 7.57. The van der Waals surface area contributed by atoms with Crippen molar-refractivity contribution >= 4 is 5.95 Å². The van der Waals surface area contributed by atoms with Gasteiger partial charge < -0.3 is 0 Å². The van der Waals surface area contributed by atoms with E-state index in [1.165, 1.54) is 10.9 Å². The standard InChI is InChI=1S/C11H13N5O/c1-8-5-3-4-6-9(8)16-7-13-10(15-12-2)14-11(16)17/h3-7,12H,1-2H3,(H,14,15,17). The molecule has 1 aromatic carbocycles. The maximum absolute atomic E-state index is 11.8. The van der Waals surface area contributed by atoms with Gasteiger partial charge in [-0.25, -0.2) is 15.2 Å². The van der Waals surface area contributed by atoms with Crippen LogP contribution in [0.15, 0.2) is 35.4 Å². The van der Waals surface area contributed by atoms with Gasteiger partial charge in [0.25, 0.3) is 0 Å². The third-order valence-corrected chi connectivity index (χ3v) is 2.31. The highest BCUT2D eigenvalue weighted by Crippen LogP contribution is 2.10. The second-order valence-corrected chi connectivity index (χ2v) is 3.49. The largest absolute Gasteiger partial charge is 0.356 e. The van der Waals surface area contributed by atoms with E-state index in [0.29, 0.717) is 0 Å². The van der Waals surface area contributed by atoms with Gasteiger partial charge in [0.1, 0.15) is 6.33 Å². The van der Waals surface area contributed by atoms with Crippen molar-refractivity contribution in [1.29, 1.82) is 0 Å². The molecule has 0 fully saturated rings. The highest BCUT2D eigenvalue weighted by atomic mass is 16.1. The van der Waals surface area contributed by atoms with E-state index < -0.39 is 0 Å². The molecule has 88 valence electrons. The molecule has 2 rings (SSSR count). The number of hydrogen-bond acceptors (Lipinski definition) is 5. The molecule has 2 aromatic rings. The summed E-state index contributed by atoms with van der Waals surface area (Å²) in [4.78, 5) is 19.6. The molecule has 0 amide bonds. The number of rotatable bonds is 3. The third-order valence-electron chi connectivity index (χ3n) is 2.31. The van der Waals surface area contributed by atoms with Crippen molar-refractivity contribution in [3.05, 3.63) is 46.6 Å². The molecular weight excluding hydrogens is 218 g/mol. The van der Waals surface area contributed by atoms with Crippen LogP contribution in [0.5, 0.6) is 0 Å². The maximum atomic E-state index is 11.8. The van der Waals surface area contributed by atoms with E-state index in [1.54, 1.807) is 7.05 Å². The third kappa shape index (κ3) is 2.31. The minimum atomic E-state index is -0.368. The number of hydrogen-bond donors (Lipinski definition) is 2. The van der Waals surface area contributed by atoms with Crippen molar-refractivity contribution in [2.45, 2.75) is 6.92 Å². The van der Waals surface area contributed by atoms with E-state index in [4.69, 9.17) is 0 Å². The van der Waals surface area contributed by atoms with E-state index in [2.05, 4.69) is 20.8 Å². The second kappa shape index (κ2) is 4.75. The van der Waals surface area contributed by atoms with Gasteiger partial charge in [-0.3, -0.25) is 9.99 Å². The predicted molar refractivity (Wildman–Crippen MR) is 65.0 cm³/mol. The Balaban J connectivity index is 2.48. The first-order valence-corrected chi connectivity index (χ1v) is 5.17. The van der Waals surface area contributed by atoms with Crippen LogP contribution >= 0.6 is 0 Å². The van der Waals surface area contributed by atoms with Crippen LogP contribution in [0.2, 0.25) is 0 Å². The van der Waals surface area contributed by atoms with E-state index in [0.717, 1.165) is 11.3 Å². The molecule has 0 spiro atoms. The van der Waals surface area contributed by atoms with Gasteiger partial charge in [-0.05, 0) is 18.6 Å². The molecule has 1 aromatic heterocycles.